The molecule has 1 fully saturated rings. The van der Waals surface area contributed by atoms with Gasteiger partial charge in [-0.1, -0.05) is 11.6 Å². The van der Waals surface area contributed by atoms with Gasteiger partial charge in [0.2, 0.25) is 0 Å². The summed E-state index contributed by atoms with van der Waals surface area (Å²) >= 11 is 7.37. The predicted molar refractivity (Wildman–Crippen MR) is 86.4 cm³/mol. The molecule has 0 radical (unpaired) electrons. The Bertz CT molecular complexity index is 714. The third kappa shape index (κ3) is 3.31. The molecule has 1 saturated carbocycles. The number of nitrogens with zero attached hydrogens (tertiary/aromatic N) is 2. The zero-order chi connectivity index (χ0) is 15.7. The maximum atomic E-state index is 12.2. The Morgan fingerprint density at radius 3 is 2.91 bits per heavy atom. The molecule has 2 aromatic rings. The fourth-order valence-corrected chi connectivity index (χ4v) is 3.28. The Balaban J connectivity index is 1.70. The average molecular weight is 339 g/mol. The molecule has 1 aliphatic carbocycles. The minimum Gasteiger partial charge on any atom is -0.328 e. The molecule has 0 bridgehead atoms. The minimum absolute atomic E-state index is 0.0667. The molecular weight excluding hydrogens is 324 g/mol. The van der Waals surface area contributed by atoms with Crippen LogP contribution in [0.15, 0.2) is 28.6 Å². The number of rotatable bonds is 4. The molecule has 2 heterocycles. The molecule has 2 amide bonds. The van der Waals surface area contributed by atoms with Gasteiger partial charge in [-0.05, 0) is 24.8 Å². The number of carbonyl (C=O) groups is 1. The first-order valence-electron chi connectivity index (χ1n) is 6.87. The van der Waals surface area contributed by atoms with Crippen molar-refractivity contribution in [2.24, 2.45) is 13.0 Å². The van der Waals surface area contributed by atoms with Gasteiger partial charge >= 0.3 is 6.03 Å². The van der Waals surface area contributed by atoms with Crippen molar-refractivity contribution in [3.05, 3.63) is 44.2 Å². The fraction of sp³-hybridized carbons (Fsp3) is 0.357. The number of thiazole rings is 1. The molecule has 3 rings (SSSR count). The summed E-state index contributed by atoms with van der Waals surface area (Å²) in [7, 11) is 1.58. The van der Waals surface area contributed by atoms with E-state index in [1.165, 1.54) is 28.2 Å². The summed E-state index contributed by atoms with van der Waals surface area (Å²) in [5.74, 6) is 0.445. The van der Waals surface area contributed by atoms with Crippen LogP contribution in [0, 0.1) is 5.92 Å². The minimum atomic E-state index is -0.332. The Hall–Kier alpha value is -1.86. The quantitative estimate of drug-likeness (QED) is 0.900. The Morgan fingerprint density at radius 2 is 2.32 bits per heavy atom. The number of hydrogen-bond donors (Lipinski definition) is 2. The Kier molecular flexibility index (Phi) is 4.17. The van der Waals surface area contributed by atoms with Gasteiger partial charge in [-0.3, -0.25) is 4.79 Å². The zero-order valence-electron chi connectivity index (χ0n) is 11.9. The third-order valence-electron chi connectivity index (χ3n) is 3.49. The van der Waals surface area contributed by atoms with Gasteiger partial charge in [-0.25, -0.2) is 9.78 Å². The lowest BCUT2D eigenvalue weighted by Gasteiger charge is -2.16. The summed E-state index contributed by atoms with van der Waals surface area (Å²) in [5.41, 5.74) is 0.171. The highest BCUT2D eigenvalue weighted by atomic mass is 35.5. The molecule has 22 heavy (non-hydrogen) atoms. The molecule has 8 heteroatoms. The van der Waals surface area contributed by atoms with Gasteiger partial charge in [0.1, 0.15) is 10.0 Å². The number of halogens is 1. The molecule has 116 valence electrons. The van der Waals surface area contributed by atoms with Crippen LogP contribution in [0.3, 0.4) is 0 Å². The normalized spacial score (nSPS) is 15.4. The van der Waals surface area contributed by atoms with Crippen molar-refractivity contribution in [3.8, 4) is 0 Å². The van der Waals surface area contributed by atoms with Gasteiger partial charge in [0.15, 0.2) is 0 Å². The summed E-state index contributed by atoms with van der Waals surface area (Å²) in [4.78, 5) is 28.0. The van der Waals surface area contributed by atoms with E-state index in [2.05, 4.69) is 15.6 Å². The number of urea groups is 1. The molecule has 0 unspecified atom stereocenters. The molecule has 2 N–H and O–H groups in total. The summed E-state index contributed by atoms with van der Waals surface area (Å²) in [6.45, 7) is 0. The van der Waals surface area contributed by atoms with Crippen LogP contribution in [0.5, 0.6) is 0 Å². The lowest BCUT2D eigenvalue weighted by atomic mass is 10.2. The van der Waals surface area contributed by atoms with Crippen molar-refractivity contribution in [3.63, 3.8) is 0 Å². The SMILES string of the molecule is Cn1cc(NC(=O)N[C@H](c2nccs2)C2CC2)cc(Cl)c1=O. The lowest BCUT2D eigenvalue weighted by Crippen LogP contribution is -2.34. The van der Waals surface area contributed by atoms with E-state index in [-0.39, 0.29) is 22.7 Å². The second-order valence-electron chi connectivity index (χ2n) is 5.28. The van der Waals surface area contributed by atoms with E-state index < -0.39 is 0 Å². The fourth-order valence-electron chi connectivity index (χ4n) is 2.25. The number of hydrogen-bond acceptors (Lipinski definition) is 4. The van der Waals surface area contributed by atoms with E-state index in [0.29, 0.717) is 11.6 Å². The van der Waals surface area contributed by atoms with Crippen LogP contribution in [0.1, 0.15) is 23.9 Å². The van der Waals surface area contributed by atoms with Crippen LogP contribution in [0.4, 0.5) is 10.5 Å². The van der Waals surface area contributed by atoms with E-state index in [4.69, 9.17) is 11.6 Å². The van der Waals surface area contributed by atoms with Gasteiger partial charge in [-0.15, -0.1) is 11.3 Å². The average Bonchev–Trinajstić information content (AvgIpc) is 3.16. The van der Waals surface area contributed by atoms with Gasteiger partial charge < -0.3 is 15.2 Å². The standard InChI is InChI=1S/C14H15ClN4O2S/c1-19-7-9(6-10(15)13(19)20)17-14(21)18-11(8-2-3-8)12-16-4-5-22-12/h4-8,11H,2-3H2,1H3,(H2,17,18,21)/t11-/m0/s1. The highest BCUT2D eigenvalue weighted by Crippen LogP contribution is 2.41. The highest BCUT2D eigenvalue weighted by molar-refractivity contribution is 7.09. The van der Waals surface area contributed by atoms with Crippen LogP contribution in [0.2, 0.25) is 5.02 Å². The van der Waals surface area contributed by atoms with E-state index in [9.17, 15) is 9.59 Å². The number of aryl methyl sites for hydroxylation is 1. The largest absolute Gasteiger partial charge is 0.328 e. The van der Waals surface area contributed by atoms with E-state index in [0.717, 1.165) is 17.8 Å². The Labute approximate surface area is 136 Å². The topological polar surface area (TPSA) is 76.0 Å². The lowest BCUT2D eigenvalue weighted by molar-refractivity contribution is 0.247. The monoisotopic (exact) mass is 338 g/mol. The van der Waals surface area contributed by atoms with Gasteiger partial charge in [0.25, 0.3) is 5.56 Å². The number of nitrogens with one attached hydrogen (secondary N) is 2. The number of pyridine rings is 1. The molecular formula is C14H15ClN4O2S. The van der Waals surface area contributed by atoms with E-state index in [1.807, 2.05) is 5.38 Å². The second kappa shape index (κ2) is 6.10. The summed E-state index contributed by atoms with van der Waals surface area (Å²) < 4.78 is 1.33. The summed E-state index contributed by atoms with van der Waals surface area (Å²) in [6, 6.07) is 1.05. The van der Waals surface area contributed by atoms with E-state index >= 15 is 0 Å². The van der Waals surface area contributed by atoms with Gasteiger partial charge in [0, 0.05) is 24.8 Å². The molecule has 0 spiro atoms. The maximum absolute atomic E-state index is 12.2. The number of amides is 2. The second-order valence-corrected chi connectivity index (χ2v) is 6.61. The number of aromatic nitrogens is 2. The third-order valence-corrected chi connectivity index (χ3v) is 4.62. The number of anilines is 1. The first-order valence-corrected chi connectivity index (χ1v) is 8.13. The molecule has 1 aliphatic rings. The molecule has 0 saturated heterocycles. The van der Waals surface area contributed by atoms with Crippen molar-refractivity contribution >= 4 is 34.7 Å². The number of carbonyl (C=O) groups excluding carboxylic acids is 1. The molecule has 6 nitrogen and oxygen atoms in total. The molecule has 0 aromatic carbocycles. The molecule has 0 aliphatic heterocycles. The van der Waals surface area contributed by atoms with Crippen molar-refractivity contribution in [2.45, 2.75) is 18.9 Å². The maximum Gasteiger partial charge on any atom is 0.319 e. The van der Waals surface area contributed by atoms with Crippen molar-refractivity contribution in [1.29, 1.82) is 0 Å². The predicted octanol–water partition coefficient (Wildman–Crippen LogP) is 2.77. The van der Waals surface area contributed by atoms with Gasteiger partial charge in [-0.2, -0.15) is 0 Å². The zero-order valence-corrected chi connectivity index (χ0v) is 13.4. The highest BCUT2D eigenvalue weighted by Gasteiger charge is 2.35. The van der Waals surface area contributed by atoms with Crippen LogP contribution < -0.4 is 16.2 Å². The van der Waals surface area contributed by atoms with E-state index in [1.54, 1.807) is 13.2 Å². The van der Waals surface area contributed by atoms with Crippen LogP contribution in [-0.4, -0.2) is 15.6 Å². The summed E-state index contributed by atoms with van der Waals surface area (Å²) in [5, 5.41) is 8.54. The molecule has 1 atom stereocenters. The smallest absolute Gasteiger partial charge is 0.319 e. The first kappa shape index (κ1) is 15.1. The molecule has 2 aromatic heterocycles. The Morgan fingerprint density at radius 1 is 1.55 bits per heavy atom. The van der Waals surface area contributed by atoms with Crippen molar-refractivity contribution in [2.75, 3.05) is 5.32 Å². The van der Waals surface area contributed by atoms with Crippen LogP contribution in [0.25, 0.3) is 0 Å². The first-order chi connectivity index (χ1) is 10.5. The van der Waals surface area contributed by atoms with Crippen molar-refractivity contribution in [1.82, 2.24) is 14.9 Å². The van der Waals surface area contributed by atoms with Gasteiger partial charge in [0.05, 0.1) is 11.7 Å². The van der Waals surface area contributed by atoms with Crippen molar-refractivity contribution < 1.29 is 4.79 Å². The summed E-state index contributed by atoms with van der Waals surface area (Å²) in [6.07, 6.45) is 5.46. The van der Waals surface area contributed by atoms with Crippen LogP contribution >= 0.6 is 22.9 Å². The van der Waals surface area contributed by atoms with Crippen LogP contribution in [-0.2, 0) is 7.05 Å².